The van der Waals surface area contributed by atoms with Crippen LogP contribution < -0.4 is 10.5 Å². The Labute approximate surface area is 116 Å². The van der Waals surface area contributed by atoms with Crippen LogP contribution in [0, 0.1) is 0 Å². The summed E-state index contributed by atoms with van der Waals surface area (Å²) in [5.74, 6) is 0.735. The normalized spacial score (nSPS) is 21.4. The number of rotatable bonds is 2. The Kier molecular flexibility index (Phi) is 3.40. The van der Waals surface area contributed by atoms with E-state index >= 15 is 0 Å². The maximum atomic E-state index is 12.8. The molecule has 2 unspecified atom stereocenters. The standard InChI is InChI=1S/C16H15F2NO/c17-16(18)11-5-3-4-10(8-11)15-9-13(19)12-6-1-2-7-14(12)20-15/h1-8,13,15-16H,9,19H2. The smallest absolute Gasteiger partial charge is 0.263 e. The zero-order chi connectivity index (χ0) is 14.1. The van der Waals surface area contributed by atoms with E-state index in [-0.39, 0.29) is 17.7 Å². The van der Waals surface area contributed by atoms with Crippen molar-refractivity contribution >= 4 is 0 Å². The van der Waals surface area contributed by atoms with E-state index in [1.54, 1.807) is 12.1 Å². The van der Waals surface area contributed by atoms with Gasteiger partial charge in [0.1, 0.15) is 11.9 Å². The van der Waals surface area contributed by atoms with Crippen LogP contribution in [0.5, 0.6) is 5.75 Å². The predicted octanol–water partition coefficient (Wildman–Crippen LogP) is 4.15. The highest BCUT2D eigenvalue weighted by molar-refractivity contribution is 5.39. The zero-order valence-electron chi connectivity index (χ0n) is 10.8. The molecule has 3 rings (SSSR count). The van der Waals surface area contributed by atoms with Gasteiger partial charge in [-0.25, -0.2) is 8.78 Å². The number of hydrogen-bond acceptors (Lipinski definition) is 2. The van der Waals surface area contributed by atoms with Crippen molar-refractivity contribution in [2.45, 2.75) is 25.0 Å². The first kappa shape index (κ1) is 13.1. The average molecular weight is 275 g/mol. The molecular weight excluding hydrogens is 260 g/mol. The molecule has 20 heavy (non-hydrogen) atoms. The highest BCUT2D eigenvalue weighted by Crippen LogP contribution is 2.39. The van der Waals surface area contributed by atoms with Crippen LogP contribution >= 0.6 is 0 Å². The van der Waals surface area contributed by atoms with Gasteiger partial charge in [0.25, 0.3) is 6.43 Å². The van der Waals surface area contributed by atoms with Gasteiger partial charge in [0.05, 0.1) is 0 Å². The highest BCUT2D eigenvalue weighted by atomic mass is 19.3. The van der Waals surface area contributed by atoms with E-state index in [2.05, 4.69) is 0 Å². The number of ether oxygens (including phenoxy) is 1. The van der Waals surface area contributed by atoms with Gasteiger partial charge in [0, 0.05) is 23.6 Å². The van der Waals surface area contributed by atoms with E-state index < -0.39 is 6.43 Å². The predicted molar refractivity (Wildman–Crippen MR) is 72.8 cm³/mol. The van der Waals surface area contributed by atoms with Gasteiger partial charge in [0.15, 0.2) is 0 Å². The second-order valence-corrected chi connectivity index (χ2v) is 4.96. The van der Waals surface area contributed by atoms with Crippen LogP contribution in [-0.4, -0.2) is 0 Å². The highest BCUT2D eigenvalue weighted by Gasteiger charge is 2.27. The summed E-state index contributed by atoms with van der Waals surface area (Å²) in [6.07, 6.45) is -2.16. The molecule has 1 aliphatic rings. The number of alkyl halides is 2. The molecule has 0 fully saturated rings. The summed E-state index contributed by atoms with van der Waals surface area (Å²) >= 11 is 0. The van der Waals surface area contributed by atoms with Crippen molar-refractivity contribution in [1.82, 2.24) is 0 Å². The van der Waals surface area contributed by atoms with Crippen LogP contribution in [0.3, 0.4) is 0 Å². The molecule has 2 atom stereocenters. The fourth-order valence-electron chi connectivity index (χ4n) is 2.55. The third-order valence-electron chi connectivity index (χ3n) is 3.59. The van der Waals surface area contributed by atoms with Crippen molar-refractivity contribution in [3.05, 3.63) is 65.2 Å². The van der Waals surface area contributed by atoms with Gasteiger partial charge in [-0.3, -0.25) is 0 Å². The summed E-state index contributed by atoms with van der Waals surface area (Å²) < 4.78 is 31.4. The van der Waals surface area contributed by atoms with Gasteiger partial charge >= 0.3 is 0 Å². The van der Waals surface area contributed by atoms with Crippen LogP contribution in [0.25, 0.3) is 0 Å². The maximum Gasteiger partial charge on any atom is 0.263 e. The third kappa shape index (κ3) is 2.39. The van der Waals surface area contributed by atoms with E-state index in [1.165, 1.54) is 12.1 Å². The second kappa shape index (κ2) is 5.21. The van der Waals surface area contributed by atoms with Crippen molar-refractivity contribution in [3.8, 4) is 5.75 Å². The lowest BCUT2D eigenvalue weighted by molar-refractivity contribution is 0.148. The first-order valence-electron chi connectivity index (χ1n) is 6.54. The first-order chi connectivity index (χ1) is 9.65. The Balaban J connectivity index is 1.91. The molecule has 2 nitrogen and oxygen atoms in total. The van der Waals surface area contributed by atoms with Crippen molar-refractivity contribution in [1.29, 1.82) is 0 Å². The molecule has 1 heterocycles. The van der Waals surface area contributed by atoms with Gasteiger partial charge in [-0.15, -0.1) is 0 Å². The van der Waals surface area contributed by atoms with Crippen LogP contribution in [0.2, 0.25) is 0 Å². The third-order valence-corrected chi connectivity index (χ3v) is 3.59. The average Bonchev–Trinajstić information content (AvgIpc) is 2.47. The van der Waals surface area contributed by atoms with Crippen LogP contribution in [-0.2, 0) is 0 Å². The van der Waals surface area contributed by atoms with Crippen molar-refractivity contribution in [2.75, 3.05) is 0 Å². The van der Waals surface area contributed by atoms with Gasteiger partial charge in [0.2, 0.25) is 0 Å². The summed E-state index contributed by atoms with van der Waals surface area (Å²) in [6, 6.07) is 13.8. The SMILES string of the molecule is NC1CC(c2cccc(C(F)F)c2)Oc2ccccc21. The molecule has 2 aromatic carbocycles. The Morgan fingerprint density at radius 1 is 1.10 bits per heavy atom. The lowest BCUT2D eigenvalue weighted by Crippen LogP contribution is -2.24. The summed E-state index contributed by atoms with van der Waals surface area (Å²) in [4.78, 5) is 0. The monoisotopic (exact) mass is 275 g/mol. The summed E-state index contributed by atoms with van der Waals surface area (Å²) in [5, 5.41) is 0. The Morgan fingerprint density at radius 2 is 1.90 bits per heavy atom. The topological polar surface area (TPSA) is 35.2 Å². The maximum absolute atomic E-state index is 12.8. The van der Waals surface area contributed by atoms with Gasteiger partial charge in [-0.1, -0.05) is 36.4 Å². The minimum atomic E-state index is -2.47. The van der Waals surface area contributed by atoms with Crippen LogP contribution in [0.4, 0.5) is 8.78 Å². The molecule has 0 aromatic heterocycles. The fourth-order valence-corrected chi connectivity index (χ4v) is 2.55. The minimum absolute atomic E-state index is 0.0125. The molecule has 0 saturated heterocycles. The molecule has 104 valence electrons. The number of para-hydroxylation sites is 1. The van der Waals surface area contributed by atoms with E-state index in [1.807, 2.05) is 24.3 Å². The molecule has 1 aliphatic heterocycles. The van der Waals surface area contributed by atoms with Gasteiger partial charge < -0.3 is 10.5 Å². The fraction of sp³-hybridized carbons (Fsp3) is 0.250. The molecule has 0 bridgehead atoms. The quantitative estimate of drug-likeness (QED) is 0.893. The molecule has 0 radical (unpaired) electrons. The van der Waals surface area contributed by atoms with Crippen molar-refractivity contribution in [3.63, 3.8) is 0 Å². The summed E-state index contributed by atoms with van der Waals surface area (Å²) in [5.41, 5.74) is 7.87. The number of nitrogens with two attached hydrogens (primary N) is 1. The van der Waals surface area contributed by atoms with Crippen LogP contribution in [0.1, 0.15) is 41.7 Å². The van der Waals surface area contributed by atoms with E-state index in [0.717, 1.165) is 16.9 Å². The second-order valence-electron chi connectivity index (χ2n) is 4.96. The van der Waals surface area contributed by atoms with Crippen molar-refractivity contribution < 1.29 is 13.5 Å². The first-order valence-corrected chi connectivity index (χ1v) is 6.54. The lowest BCUT2D eigenvalue weighted by Gasteiger charge is -2.30. The Bertz CT molecular complexity index is 615. The molecule has 0 aliphatic carbocycles. The molecule has 0 spiro atoms. The summed E-state index contributed by atoms with van der Waals surface area (Å²) in [6.45, 7) is 0. The molecule has 0 amide bonds. The van der Waals surface area contributed by atoms with Gasteiger partial charge in [-0.05, 0) is 17.7 Å². The molecular formula is C16H15F2NO. The zero-order valence-corrected chi connectivity index (χ0v) is 10.8. The minimum Gasteiger partial charge on any atom is -0.485 e. The molecule has 2 aromatic rings. The van der Waals surface area contributed by atoms with E-state index in [9.17, 15) is 8.78 Å². The molecule has 2 N–H and O–H groups in total. The number of fused-ring (bicyclic) bond motifs is 1. The lowest BCUT2D eigenvalue weighted by atomic mass is 9.93. The van der Waals surface area contributed by atoms with Gasteiger partial charge in [-0.2, -0.15) is 0 Å². The van der Waals surface area contributed by atoms with E-state index in [0.29, 0.717) is 6.42 Å². The molecule has 4 heteroatoms. The molecule has 0 saturated carbocycles. The summed E-state index contributed by atoms with van der Waals surface area (Å²) in [7, 11) is 0. The number of halogens is 2. The largest absolute Gasteiger partial charge is 0.485 e. The number of benzene rings is 2. The van der Waals surface area contributed by atoms with E-state index in [4.69, 9.17) is 10.5 Å². The Hall–Kier alpha value is -1.94. The van der Waals surface area contributed by atoms with Crippen LogP contribution in [0.15, 0.2) is 48.5 Å². The number of hydrogen-bond donors (Lipinski definition) is 1. The van der Waals surface area contributed by atoms with Crippen molar-refractivity contribution in [2.24, 2.45) is 5.73 Å². The Morgan fingerprint density at radius 3 is 2.70 bits per heavy atom.